The summed E-state index contributed by atoms with van der Waals surface area (Å²) in [6, 6.07) is 3.82. The lowest BCUT2D eigenvalue weighted by Gasteiger charge is -2.10. The normalized spacial score (nSPS) is 12.2. The van der Waals surface area contributed by atoms with Crippen molar-refractivity contribution in [2.75, 3.05) is 0 Å². The van der Waals surface area contributed by atoms with E-state index >= 15 is 0 Å². The summed E-state index contributed by atoms with van der Waals surface area (Å²) >= 11 is 0. The number of carbonyl (C=O) groups is 1. The van der Waals surface area contributed by atoms with Crippen LogP contribution in [0.25, 0.3) is 0 Å². The molecule has 1 rings (SSSR count). The summed E-state index contributed by atoms with van der Waals surface area (Å²) in [6.07, 6.45) is 1.45. The number of rotatable bonds is 2. The van der Waals surface area contributed by atoms with E-state index in [1.54, 1.807) is 6.20 Å². The summed E-state index contributed by atoms with van der Waals surface area (Å²) in [4.78, 5) is 14.8. The van der Waals surface area contributed by atoms with Gasteiger partial charge in [-0.3, -0.25) is 9.78 Å². The van der Waals surface area contributed by atoms with Crippen LogP contribution >= 0.6 is 0 Å². The second kappa shape index (κ2) is 4.03. The number of aromatic nitrogens is 1. The van der Waals surface area contributed by atoms with Crippen molar-refractivity contribution in [3.8, 4) is 0 Å². The Morgan fingerprint density at radius 1 is 1.62 bits per heavy atom. The molecule has 1 heterocycles. The minimum absolute atomic E-state index is 0.266. The summed E-state index contributed by atoms with van der Waals surface area (Å²) in [5.74, 6) is -0.282. The Bertz CT molecular complexity index is 310. The molecule has 0 aromatic carbocycles. The van der Waals surface area contributed by atoms with Gasteiger partial charge < -0.3 is 4.74 Å². The third-order valence-corrected chi connectivity index (χ3v) is 1.70. The van der Waals surface area contributed by atoms with Crippen molar-refractivity contribution in [2.45, 2.75) is 26.9 Å². The number of aryl methyl sites for hydroxylation is 1. The fourth-order valence-corrected chi connectivity index (χ4v) is 1.09. The molecule has 0 aliphatic heterocycles. The van der Waals surface area contributed by atoms with Crippen molar-refractivity contribution < 1.29 is 9.53 Å². The molecule has 1 atom stereocenters. The Morgan fingerprint density at radius 2 is 2.31 bits per heavy atom. The van der Waals surface area contributed by atoms with E-state index < -0.39 is 0 Å². The zero-order valence-corrected chi connectivity index (χ0v) is 8.07. The van der Waals surface area contributed by atoms with E-state index in [-0.39, 0.29) is 12.1 Å². The van der Waals surface area contributed by atoms with E-state index in [9.17, 15) is 4.79 Å². The second-order valence-corrected chi connectivity index (χ2v) is 3.01. The minimum Gasteiger partial charge on any atom is -0.456 e. The van der Waals surface area contributed by atoms with Gasteiger partial charge >= 0.3 is 5.97 Å². The molecule has 0 saturated heterocycles. The smallest absolute Gasteiger partial charge is 0.303 e. The third kappa shape index (κ3) is 2.86. The predicted octanol–water partition coefficient (Wildman–Crippen LogP) is 2.01. The van der Waals surface area contributed by atoms with E-state index in [1.165, 1.54) is 6.92 Å². The average Bonchev–Trinajstić information content (AvgIpc) is 2.03. The minimum atomic E-state index is -0.282. The van der Waals surface area contributed by atoms with Gasteiger partial charge in [-0.25, -0.2) is 0 Å². The first-order valence-electron chi connectivity index (χ1n) is 4.19. The van der Waals surface area contributed by atoms with E-state index in [2.05, 4.69) is 4.98 Å². The van der Waals surface area contributed by atoms with Gasteiger partial charge in [0.2, 0.25) is 0 Å². The average molecular weight is 179 g/mol. The molecule has 0 fully saturated rings. The van der Waals surface area contributed by atoms with Crippen LogP contribution in [0.2, 0.25) is 0 Å². The molecule has 0 radical (unpaired) electrons. The number of carbonyl (C=O) groups excluding carboxylic acids is 1. The van der Waals surface area contributed by atoms with Crippen LogP contribution in [0.5, 0.6) is 0 Å². The lowest BCUT2D eigenvalue weighted by molar-refractivity contribution is -0.145. The molecular weight excluding hydrogens is 166 g/mol. The van der Waals surface area contributed by atoms with Crippen LogP contribution in [-0.2, 0) is 9.53 Å². The zero-order valence-electron chi connectivity index (χ0n) is 8.07. The monoisotopic (exact) mass is 179 g/mol. The van der Waals surface area contributed by atoms with E-state index in [0.29, 0.717) is 0 Å². The van der Waals surface area contributed by atoms with Crippen LogP contribution in [0, 0.1) is 6.92 Å². The number of nitrogens with zero attached hydrogens (tertiary/aromatic N) is 1. The number of hydrogen-bond acceptors (Lipinski definition) is 3. The maximum absolute atomic E-state index is 10.7. The highest BCUT2D eigenvalue weighted by atomic mass is 16.5. The van der Waals surface area contributed by atoms with Crippen molar-refractivity contribution in [3.05, 3.63) is 29.6 Å². The van der Waals surface area contributed by atoms with Crippen LogP contribution in [0.15, 0.2) is 18.3 Å². The topological polar surface area (TPSA) is 39.2 Å². The Labute approximate surface area is 77.8 Å². The first-order valence-corrected chi connectivity index (χ1v) is 4.19. The fraction of sp³-hybridized carbons (Fsp3) is 0.400. The summed E-state index contributed by atoms with van der Waals surface area (Å²) in [6.45, 7) is 5.18. The first-order chi connectivity index (χ1) is 6.09. The quantitative estimate of drug-likeness (QED) is 0.652. The Kier molecular flexibility index (Phi) is 3.01. The molecule has 0 amide bonds. The molecule has 0 aliphatic carbocycles. The van der Waals surface area contributed by atoms with Crippen molar-refractivity contribution in [1.82, 2.24) is 4.98 Å². The molecule has 0 aliphatic rings. The fourth-order valence-electron chi connectivity index (χ4n) is 1.09. The summed E-state index contributed by atoms with van der Waals surface area (Å²) in [7, 11) is 0. The highest BCUT2D eigenvalue weighted by molar-refractivity contribution is 5.66. The number of hydrogen-bond donors (Lipinski definition) is 0. The van der Waals surface area contributed by atoms with Crippen molar-refractivity contribution in [2.24, 2.45) is 0 Å². The maximum Gasteiger partial charge on any atom is 0.303 e. The maximum atomic E-state index is 10.7. The molecule has 13 heavy (non-hydrogen) atoms. The van der Waals surface area contributed by atoms with Gasteiger partial charge in [-0.2, -0.15) is 0 Å². The van der Waals surface area contributed by atoms with Crippen LogP contribution in [0.3, 0.4) is 0 Å². The molecule has 0 spiro atoms. The van der Waals surface area contributed by atoms with Crippen molar-refractivity contribution in [3.63, 3.8) is 0 Å². The van der Waals surface area contributed by atoms with Gasteiger partial charge in [-0.1, -0.05) is 0 Å². The van der Waals surface area contributed by atoms with Gasteiger partial charge in [0, 0.05) is 13.1 Å². The van der Waals surface area contributed by atoms with Gasteiger partial charge in [0.15, 0.2) is 0 Å². The second-order valence-electron chi connectivity index (χ2n) is 3.01. The van der Waals surface area contributed by atoms with Gasteiger partial charge in [-0.15, -0.1) is 0 Å². The number of pyridine rings is 1. The predicted molar refractivity (Wildman–Crippen MR) is 49.2 cm³/mol. The van der Waals surface area contributed by atoms with E-state index in [0.717, 1.165) is 11.3 Å². The van der Waals surface area contributed by atoms with Gasteiger partial charge in [0.1, 0.15) is 6.10 Å². The molecule has 70 valence electrons. The van der Waals surface area contributed by atoms with Gasteiger partial charge in [0.25, 0.3) is 0 Å². The van der Waals surface area contributed by atoms with Crippen LogP contribution in [-0.4, -0.2) is 11.0 Å². The van der Waals surface area contributed by atoms with Crippen molar-refractivity contribution in [1.29, 1.82) is 0 Å². The highest BCUT2D eigenvalue weighted by Gasteiger charge is 2.09. The van der Waals surface area contributed by atoms with Crippen molar-refractivity contribution >= 4 is 5.97 Å². The Morgan fingerprint density at radius 3 is 2.85 bits per heavy atom. The summed E-state index contributed by atoms with van der Waals surface area (Å²) in [5, 5.41) is 0. The number of ether oxygens (including phenoxy) is 1. The van der Waals surface area contributed by atoms with Crippen LogP contribution < -0.4 is 0 Å². The molecule has 1 aromatic heterocycles. The van der Waals surface area contributed by atoms with Gasteiger partial charge in [-0.05, 0) is 31.5 Å². The molecule has 0 saturated carbocycles. The summed E-state index contributed by atoms with van der Waals surface area (Å²) in [5.41, 5.74) is 1.90. The summed E-state index contributed by atoms with van der Waals surface area (Å²) < 4.78 is 4.99. The largest absolute Gasteiger partial charge is 0.456 e. The molecular formula is C10H13NO2. The Balaban J connectivity index is 2.76. The lowest BCUT2D eigenvalue weighted by atomic mass is 10.2. The molecule has 1 aromatic rings. The van der Waals surface area contributed by atoms with E-state index in [4.69, 9.17) is 4.74 Å². The highest BCUT2D eigenvalue weighted by Crippen LogP contribution is 2.14. The van der Waals surface area contributed by atoms with E-state index in [1.807, 2.05) is 26.0 Å². The zero-order chi connectivity index (χ0) is 9.84. The molecule has 3 nitrogen and oxygen atoms in total. The number of esters is 1. The van der Waals surface area contributed by atoms with Crippen LogP contribution in [0.1, 0.15) is 31.2 Å². The Hall–Kier alpha value is -1.38. The lowest BCUT2D eigenvalue weighted by Crippen LogP contribution is -2.06. The molecule has 1 unspecified atom stereocenters. The molecule has 0 bridgehead atoms. The van der Waals surface area contributed by atoms with Gasteiger partial charge in [0.05, 0.1) is 5.69 Å². The molecule has 0 N–H and O–H groups in total. The third-order valence-electron chi connectivity index (χ3n) is 1.70. The standard InChI is InChI=1S/C10H13NO2/c1-7-4-5-11-10(6-7)8(2)13-9(3)12/h4-6,8H,1-3H3. The first kappa shape index (κ1) is 9.71. The SMILES string of the molecule is CC(=O)OC(C)c1cc(C)ccn1. The van der Waals surface area contributed by atoms with Crippen LogP contribution in [0.4, 0.5) is 0 Å². The molecule has 3 heteroatoms.